The molecule has 2 atom stereocenters. The maximum atomic E-state index is 5.43. The molecule has 0 spiro atoms. The van der Waals surface area contributed by atoms with E-state index in [1.54, 1.807) is 0 Å². The Kier molecular flexibility index (Phi) is 3.96. The van der Waals surface area contributed by atoms with E-state index in [0.29, 0.717) is 18.8 Å². The fourth-order valence-electron chi connectivity index (χ4n) is 2.48. The molecule has 1 fully saturated rings. The summed E-state index contributed by atoms with van der Waals surface area (Å²) in [5, 5.41) is 3.57. The SMILES string of the molecule is CC(NCc1cc2c(cc1Br)OCO2)C1CCOC1. The van der Waals surface area contributed by atoms with Crippen LogP contribution in [0, 0.1) is 5.92 Å². The Bertz CT molecular complexity index is 460. The van der Waals surface area contributed by atoms with Crippen LogP contribution in [-0.4, -0.2) is 26.0 Å². The first-order valence-electron chi connectivity index (χ1n) is 6.63. The highest BCUT2D eigenvalue weighted by Gasteiger charge is 2.22. The van der Waals surface area contributed by atoms with E-state index in [2.05, 4.69) is 28.2 Å². The van der Waals surface area contributed by atoms with Crippen molar-refractivity contribution in [1.29, 1.82) is 0 Å². The first-order valence-corrected chi connectivity index (χ1v) is 7.42. The first kappa shape index (κ1) is 13.2. The van der Waals surface area contributed by atoms with E-state index < -0.39 is 0 Å². The van der Waals surface area contributed by atoms with Gasteiger partial charge in [-0.2, -0.15) is 0 Å². The third-order valence-electron chi connectivity index (χ3n) is 3.83. The molecule has 0 radical (unpaired) electrons. The number of benzene rings is 1. The van der Waals surface area contributed by atoms with Crippen LogP contribution in [0.4, 0.5) is 0 Å². The van der Waals surface area contributed by atoms with Crippen molar-refractivity contribution in [3.8, 4) is 11.5 Å². The number of hydrogen-bond acceptors (Lipinski definition) is 4. The van der Waals surface area contributed by atoms with Gasteiger partial charge in [-0.3, -0.25) is 0 Å². The topological polar surface area (TPSA) is 39.7 Å². The molecular weight excluding hydrogens is 310 g/mol. The summed E-state index contributed by atoms with van der Waals surface area (Å²) in [7, 11) is 0. The minimum absolute atomic E-state index is 0.314. The van der Waals surface area contributed by atoms with Crippen molar-refractivity contribution in [3.05, 3.63) is 22.2 Å². The molecule has 0 aliphatic carbocycles. The summed E-state index contributed by atoms with van der Waals surface area (Å²) in [5.41, 5.74) is 1.19. The minimum atomic E-state index is 0.314. The number of nitrogens with one attached hydrogen (secondary N) is 1. The lowest BCUT2D eigenvalue weighted by Crippen LogP contribution is -2.33. The molecule has 0 amide bonds. The molecule has 3 rings (SSSR count). The van der Waals surface area contributed by atoms with Gasteiger partial charge in [-0.05, 0) is 37.0 Å². The van der Waals surface area contributed by atoms with Crippen molar-refractivity contribution in [2.45, 2.75) is 25.9 Å². The van der Waals surface area contributed by atoms with E-state index >= 15 is 0 Å². The molecule has 1 N–H and O–H groups in total. The van der Waals surface area contributed by atoms with Crippen molar-refractivity contribution in [2.24, 2.45) is 5.92 Å². The number of hydrogen-bond donors (Lipinski definition) is 1. The molecule has 1 saturated heterocycles. The van der Waals surface area contributed by atoms with Crippen LogP contribution < -0.4 is 14.8 Å². The average Bonchev–Trinajstić information content (AvgIpc) is 3.06. The lowest BCUT2D eigenvalue weighted by Gasteiger charge is -2.19. The van der Waals surface area contributed by atoms with E-state index in [9.17, 15) is 0 Å². The number of fused-ring (bicyclic) bond motifs is 1. The van der Waals surface area contributed by atoms with Gasteiger partial charge >= 0.3 is 0 Å². The van der Waals surface area contributed by atoms with Crippen LogP contribution in [0.2, 0.25) is 0 Å². The Morgan fingerprint density at radius 3 is 2.89 bits per heavy atom. The second-order valence-electron chi connectivity index (χ2n) is 5.09. The normalized spacial score (nSPS) is 22.7. The number of rotatable bonds is 4. The third-order valence-corrected chi connectivity index (χ3v) is 4.57. The summed E-state index contributed by atoms with van der Waals surface area (Å²) in [4.78, 5) is 0. The Morgan fingerprint density at radius 2 is 2.16 bits per heavy atom. The van der Waals surface area contributed by atoms with Crippen molar-refractivity contribution in [2.75, 3.05) is 20.0 Å². The Balaban J connectivity index is 1.63. The molecule has 2 heterocycles. The quantitative estimate of drug-likeness (QED) is 0.923. The Morgan fingerprint density at radius 1 is 1.37 bits per heavy atom. The van der Waals surface area contributed by atoms with Crippen LogP contribution in [0.15, 0.2) is 16.6 Å². The second kappa shape index (κ2) is 5.69. The van der Waals surface area contributed by atoms with Gasteiger partial charge in [0, 0.05) is 23.7 Å². The van der Waals surface area contributed by atoms with Crippen molar-refractivity contribution in [3.63, 3.8) is 0 Å². The predicted molar refractivity (Wildman–Crippen MR) is 75.5 cm³/mol. The van der Waals surface area contributed by atoms with Gasteiger partial charge in [0.25, 0.3) is 0 Å². The smallest absolute Gasteiger partial charge is 0.231 e. The summed E-state index contributed by atoms with van der Waals surface area (Å²) >= 11 is 3.58. The van der Waals surface area contributed by atoms with Crippen LogP contribution in [0.25, 0.3) is 0 Å². The van der Waals surface area contributed by atoms with Crippen LogP contribution in [0.1, 0.15) is 18.9 Å². The summed E-state index contributed by atoms with van der Waals surface area (Å²) < 4.78 is 17.2. The van der Waals surface area contributed by atoms with Gasteiger partial charge in [0.1, 0.15) is 0 Å². The average molecular weight is 328 g/mol. The number of ether oxygens (including phenoxy) is 3. The molecule has 0 aromatic heterocycles. The Labute approximate surface area is 121 Å². The van der Waals surface area contributed by atoms with Crippen molar-refractivity contribution in [1.82, 2.24) is 5.32 Å². The van der Waals surface area contributed by atoms with E-state index in [1.165, 1.54) is 5.56 Å². The summed E-state index contributed by atoms with van der Waals surface area (Å²) in [6.45, 7) is 5.12. The summed E-state index contributed by atoms with van der Waals surface area (Å²) in [6.07, 6.45) is 1.15. The van der Waals surface area contributed by atoms with Crippen LogP contribution >= 0.6 is 15.9 Å². The molecule has 0 saturated carbocycles. The van der Waals surface area contributed by atoms with Gasteiger partial charge in [0.15, 0.2) is 11.5 Å². The second-order valence-corrected chi connectivity index (χ2v) is 5.94. The number of halogens is 1. The van der Waals surface area contributed by atoms with Gasteiger partial charge < -0.3 is 19.5 Å². The van der Waals surface area contributed by atoms with E-state index in [-0.39, 0.29) is 0 Å². The zero-order valence-corrected chi connectivity index (χ0v) is 12.5. The molecule has 0 bridgehead atoms. The monoisotopic (exact) mass is 327 g/mol. The molecule has 2 unspecified atom stereocenters. The Hall–Kier alpha value is -0.780. The minimum Gasteiger partial charge on any atom is -0.454 e. The van der Waals surface area contributed by atoms with Crippen molar-refractivity contribution >= 4 is 15.9 Å². The highest BCUT2D eigenvalue weighted by Crippen LogP contribution is 2.36. The fourth-order valence-corrected chi connectivity index (χ4v) is 2.94. The highest BCUT2D eigenvalue weighted by molar-refractivity contribution is 9.10. The van der Waals surface area contributed by atoms with Crippen LogP contribution in [-0.2, 0) is 11.3 Å². The molecule has 5 heteroatoms. The molecule has 19 heavy (non-hydrogen) atoms. The van der Waals surface area contributed by atoms with Gasteiger partial charge in [-0.25, -0.2) is 0 Å². The van der Waals surface area contributed by atoms with E-state index in [1.807, 2.05) is 12.1 Å². The van der Waals surface area contributed by atoms with Gasteiger partial charge in [0.05, 0.1) is 6.61 Å². The van der Waals surface area contributed by atoms with Gasteiger partial charge in [0.2, 0.25) is 6.79 Å². The molecule has 104 valence electrons. The first-order chi connectivity index (χ1) is 9.24. The van der Waals surface area contributed by atoms with E-state index in [4.69, 9.17) is 14.2 Å². The fraction of sp³-hybridized carbons (Fsp3) is 0.571. The molecule has 4 nitrogen and oxygen atoms in total. The maximum absolute atomic E-state index is 5.43. The molecular formula is C14H18BrNO3. The highest BCUT2D eigenvalue weighted by atomic mass is 79.9. The van der Waals surface area contributed by atoms with Crippen LogP contribution in [0.5, 0.6) is 11.5 Å². The van der Waals surface area contributed by atoms with Gasteiger partial charge in [-0.1, -0.05) is 15.9 Å². The van der Waals surface area contributed by atoms with Crippen molar-refractivity contribution < 1.29 is 14.2 Å². The molecule has 2 aliphatic heterocycles. The van der Waals surface area contributed by atoms with Gasteiger partial charge in [-0.15, -0.1) is 0 Å². The maximum Gasteiger partial charge on any atom is 0.231 e. The molecule has 1 aromatic carbocycles. The lowest BCUT2D eigenvalue weighted by molar-refractivity contribution is 0.174. The molecule has 1 aromatic rings. The summed E-state index contributed by atoms with van der Waals surface area (Å²) in [6, 6.07) is 4.47. The summed E-state index contributed by atoms with van der Waals surface area (Å²) in [5.74, 6) is 2.26. The van der Waals surface area contributed by atoms with Crippen LogP contribution in [0.3, 0.4) is 0 Å². The largest absolute Gasteiger partial charge is 0.454 e. The molecule has 2 aliphatic rings. The zero-order valence-electron chi connectivity index (χ0n) is 10.9. The van der Waals surface area contributed by atoms with E-state index in [0.717, 1.165) is 42.2 Å². The predicted octanol–water partition coefficient (Wildman–Crippen LogP) is 2.69. The third kappa shape index (κ3) is 2.88. The zero-order chi connectivity index (χ0) is 13.2. The standard InChI is InChI=1S/C14H18BrNO3/c1-9(10-2-3-17-7-10)16-6-11-4-13-14(5-12(11)15)19-8-18-13/h4-5,9-10,16H,2-3,6-8H2,1H3. The lowest BCUT2D eigenvalue weighted by atomic mass is 10.0.